The quantitative estimate of drug-likeness (QED) is 0.357. The summed E-state index contributed by atoms with van der Waals surface area (Å²) in [6, 6.07) is 13.1. The van der Waals surface area contributed by atoms with E-state index >= 15 is 0 Å². The molecular weight excluding hydrogens is 490 g/mol. The molecule has 200 valence electrons. The van der Waals surface area contributed by atoms with Crippen LogP contribution < -0.4 is 15.5 Å². The van der Waals surface area contributed by atoms with E-state index in [0.29, 0.717) is 23.6 Å². The van der Waals surface area contributed by atoms with E-state index < -0.39 is 0 Å². The van der Waals surface area contributed by atoms with Crippen LogP contribution in [0.5, 0.6) is 5.75 Å². The second-order valence-electron chi connectivity index (χ2n) is 10.4. The van der Waals surface area contributed by atoms with E-state index in [0.717, 1.165) is 55.6 Å². The third kappa shape index (κ3) is 5.26. The molecule has 1 spiro atoms. The van der Waals surface area contributed by atoms with Gasteiger partial charge in [0, 0.05) is 49.3 Å². The van der Waals surface area contributed by atoms with Crippen LogP contribution in [0.1, 0.15) is 25.5 Å². The number of nitrogen functional groups attached to an aromatic ring is 1. The molecule has 2 aliphatic heterocycles. The SMILES string of the molecule is C=C1C(CN(CC)c2cc(-c3ccccc3O)nnc2N)N1c1ccnc(C#CCN2CCOC3(CC3)C2)c1. The molecule has 1 saturated carbocycles. The van der Waals surface area contributed by atoms with Crippen molar-refractivity contribution in [1.29, 1.82) is 0 Å². The van der Waals surface area contributed by atoms with E-state index in [9.17, 15) is 5.11 Å². The van der Waals surface area contributed by atoms with Crippen molar-refractivity contribution < 1.29 is 9.84 Å². The van der Waals surface area contributed by atoms with Crippen molar-refractivity contribution in [2.24, 2.45) is 0 Å². The zero-order valence-corrected chi connectivity index (χ0v) is 22.2. The van der Waals surface area contributed by atoms with Gasteiger partial charge in [-0.05, 0) is 56.0 Å². The van der Waals surface area contributed by atoms with E-state index in [4.69, 9.17) is 10.5 Å². The van der Waals surface area contributed by atoms with Crippen molar-refractivity contribution in [3.05, 3.63) is 66.6 Å². The van der Waals surface area contributed by atoms with Crippen LogP contribution in [-0.2, 0) is 4.74 Å². The molecular formula is C30H33N7O2. The smallest absolute Gasteiger partial charge is 0.169 e. The lowest BCUT2D eigenvalue weighted by Crippen LogP contribution is -2.43. The van der Waals surface area contributed by atoms with Gasteiger partial charge in [-0.25, -0.2) is 4.98 Å². The van der Waals surface area contributed by atoms with Crippen molar-refractivity contribution in [2.45, 2.75) is 31.4 Å². The Bertz CT molecular complexity index is 1460. The van der Waals surface area contributed by atoms with E-state index in [1.807, 2.05) is 30.3 Å². The fraction of sp³-hybridized carbons (Fsp3) is 0.367. The first kappa shape index (κ1) is 25.2. The minimum Gasteiger partial charge on any atom is -0.507 e. The number of hydrogen-bond donors (Lipinski definition) is 2. The van der Waals surface area contributed by atoms with E-state index in [1.165, 1.54) is 12.8 Å². The Kier molecular flexibility index (Phi) is 6.59. The summed E-state index contributed by atoms with van der Waals surface area (Å²) in [5.41, 5.74) is 11.1. The summed E-state index contributed by atoms with van der Waals surface area (Å²) in [6.07, 6.45) is 4.13. The van der Waals surface area contributed by atoms with E-state index in [1.54, 1.807) is 18.3 Å². The van der Waals surface area contributed by atoms with Gasteiger partial charge in [0.1, 0.15) is 11.4 Å². The van der Waals surface area contributed by atoms with Crippen molar-refractivity contribution in [3.8, 4) is 28.8 Å². The summed E-state index contributed by atoms with van der Waals surface area (Å²) in [5, 5.41) is 18.7. The van der Waals surface area contributed by atoms with E-state index in [2.05, 4.69) is 55.2 Å². The molecule has 1 unspecified atom stereocenters. The number of nitrogens with zero attached hydrogens (tertiary/aromatic N) is 6. The number of rotatable bonds is 7. The molecule has 9 heteroatoms. The Morgan fingerprint density at radius 1 is 1.23 bits per heavy atom. The number of benzene rings is 1. The summed E-state index contributed by atoms with van der Waals surface area (Å²) in [5.74, 6) is 7.05. The number of ether oxygens (including phenoxy) is 1. The number of phenols is 1. The van der Waals surface area contributed by atoms with Crippen molar-refractivity contribution in [1.82, 2.24) is 20.1 Å². The molecule has 9 nitrogen and oxygen atoms in total. The molecule has 1 aromatic carbocycles. The maximum atomic E-state index is 10.3. The molecule has 3 aliphatic rings. The highest BCUT2D eigenvalue weighted by atomic mass is 16.5. The normalized spacial score (nSPS) is 19.5. The average Bonchev–Trinajstić information content (AvgIpc) is 3.85. The van der Waals surface area contributed by atoms with Crippen LogP contribution in [0, 0.1) is 11.8 Å². The highest BCUT2D eigenvalue weighted by Crippen LogP contribution is 2.42. The Hall–Kier alpha value is -4.13. The Labute approximate surface area is 228 Å². The van der Waals surface area contributed by atoms with E-state index in [-0.39, 0.29) is 17.4 Å². The first-order valence-corrected chi connectivity index (χ1v) is 13.4. The summed E-state index contributed by atoms with van der Waals surface area (Å²) in [4.78, 5) is 11.2. The second-order valence-corrected chi connectivity index (χ2v) is 10.4. The van der Waals surface area contributed by atoms with Gasteiger partial charge in [0.2, 0.25) is 0 Å². The molecule has 3 fully saturated rings. The topological polar surface area (TPSA) is 104 Å². The second kappa shape index (κ2) is 10.2. The van der Waals surface area contributed by atoms with Crippen LogP contribution in [0.15, 0.2) is 60.9 Å². The first-order chi connectivity index (χ1) is 19.0. The lowest BCUT2D eigenvalue weighted by atomic mass is 10.1. The number of aromatic hydroxyl groups is 1. The minimum absolute atomic E-state index is 0.112. The highest BCUT2D eigenvalue weighted by molar-refractivity contribution is 5.75. The minimum atomic E-state index is 0.112. The van der Waals surface area contributed by atoms with Crippen LogP contribution in [-0.4, -0.2) is 76.2 Å². The molecule has 0 radical (unpaired) electrons. The number of anilines is 3. The number of hydrogen-bond acceptors (Lipinski definition) is 9. The zero-order valence-electron chi connectivity index (χ0n) is 22.2. The Balaban J connectivity index is 1.13. The summed E-state index contributed by atoms with van der Waals surface area (Å²) in [6.45, 7) is 11.2. The Morgan fingerprint density at radius 2 is 2.08 bits per heavy atom. The van der Waals surface area contributed by atoms with Gasteiger partial charge in [0.15, 0.2) is 5.82 Å². The van der Waals surface area contributed by atoms with Crippen LogP contribution in [0.2, 0.25) is 0 Å². The monoisotopic (exact) mass is 523 g/mol. The molecule has 3 aromatic rings. The maximum absolute atomic E-state index is 10.3. The number of para-hydroxylation sites is 1. The highest BCUT2D eigenvalue weighted by Gasteiger charge is 2.47. The number of likely N-dealkylation sites (N-methyl/N-ethyl adjacent to an activating group) is 1. The number of aromatic nitrogens is 3. The predicted molar refractivity (Wildman–Crippen MR) is 152 cm³/mol. The molecule has 0 bridgehead atoms. The molecule has 0 amide bonds. The maximum Gasteiger partial charge on any atom is 0.169 e. The molecule has 3 N–H and O–H groups in total. The number of phenolic OH excluding ortho intramolecular Hbond substituents is 1. The lowest BCUT2D eigenvalue weighted by molar-refractivity contribution is -0.0416. The molecule has 2 aromatic heterocycles. The number of morpholine rings is 1. The van der Waals surface area contributed by atoms with Gasteiger partial charge in [0.05, 0.1) is 36.2 Å². The fourth-order valence-corrected chi connectivity index (χ4v) is 5.27. The predicted octanol–water partition coefficient (Wildman–Crippen LogP) is 3.27. The van der Waals surface area contributed by atoms with Crippen LogP contribution in [0.25, 0.3) is 11.3 Å². The van der Waals surface area contributed by atoms with Gasteiger partial charge in [-0.15, -0.1) is 10.2 Å². The van der Waals surface area contributed by atoms with Crippen molar-refractivity contribution in [2.75, 3.05) is 54.9 Å². The summed E-state index contributed by atoms with van der Waals surface area (Å²) in [7, 11) is 0. The van der Waals surface area contributed by atoms with Gasteiger partial charge >= 0.3 is 0 Å². The van der Waals surface area contributed by atoms with Gasteiger partial charge in [-0.2, -0.15) is 0 Å². The summed E-state index contributed by atoms with van der Waals surface area (Å²) >= 11 is 0. The van der Waals surface area contributed by atoms with Crippen LogP contribution >= 0.6 is 0 Å². The number of nitrogens with two attached hydrogens (primary N) is 1. The van der Waals surface area contributed by atoms with Gasteiger partial charge in [-0.3, -0.25) is 4.90 Å². The zero-order chi connectivity index (χ0) is 27.0. The van der Waals surface area contributed by atoms with Crippen molar-refractivity contribution >= 4 is 17.2 Å². The Morgan fingerprint density at radius 3 is 2.87 bits per heavy atom. The molecule has 1 aliphatic carbocycles. The molecule has 4 heterocycles. The molecule has 39 heavy (non-hydrogen) atoms. The number of pyridine rings is 1. The van der Waals surface area contributed by atoms with Crippen molar-refractivity contribution in [3.63, 3.8) is 0 Å². The lowest BCUT2D eigenvalue weighted by Gasteiger charge is -2.31. The van der Waals surface area contributed by atoms with Gasteiger partial charge in [-0.1, -0.05) is 24.6 Å². The average molecular weight is 524 g/mol. The van der Waals surface area contributed by atoms with Gasteiger partial charge in [0.25, 0.3) is 0 Å². The first-order valence-electron chi connectivity index (χ1n) is 13.4. The summed E-state index contributed by atoms with van der Waals surface area (Å²) < 4.78 is 5.90. The third-order valence-corrected chi connectivity index (χ3v) is 7.71. The molecule has 2 saturated heterocycles. The third-order valence-electron chi connectivity index (χ3n) is 7.71. The fourth-order valence-electron chi connectivity index (χ4n) is 5.27. The standard InChI is InChI=1S/C30H33N7O2/c1-3-36(26-18-25(33-34-29(26)31)24-8-4-5-9-28(24)38)19-27-21(2)37(27)23-10-13-32-22(17-23)7-6-14-35-15-16-39-30(20-35)11-12-30/h4-5,8-10,13,17-18,27,38H,2-3,11-12,14-16,19-20H2,1H3,(H2,31,34). The van der Waals surface area contributed by atoms with Gasteiger partial charge < -0.3 is 25.4 Å². The molecule has 1 atom stereocenters. The van der Waals surface area contributed by atoms with Crippen LogP contribution in [0.3, 0.4) is 0 Å². The largest absolute Gasteiger partial charge is 0.507 e. The molecule has 6 rings (SSSR count). The van der Waals surface area contributed by atoms with Crippen LogP contribution in [0.4, 0.5) is 17.2 Å².